The Labute approximate surface area is 172 Å². The van der Waals surface area contributed by atoms with Gasteiger partial charge in [-0.05, 0) is 38.8 Å². The summed E-state index contributed by atoms with van der Waals surface area (Å²) in [6, 6.07) is 7.63. The zero-order valence-electron chi connectivity index (χ0n) is 17.6. The fourth-order valence-corrected chi connectivity index (χ4v) is 3.34. The number of hydrogen-bond donors (Lipinski definition) is 2. The number of nitrogens with one attached hydrogen (secondary N) is 2. The maximum absolute atomic E-state index is 5.97. The highest BCUT2D eigenvalue weighted by atomic mass is 16.5. The lowest BCUT2D eigenvalue weighted by Crippen LogP contribution is -2.41. The molecule has 2 heterocycles. The number of fused-ring (bicyclic) bond motifs is 1. The van der Waals surface area contributed by atoms with Gasteiger partial charge in [0, 0.05) is 25.6 Å². The second kappa shape index (κ2) is 10.7. The van der Waals surface area contributed by atoms with Gasteiger partial charge in [-0.25, -0.2) is 4.99 Å². The highest BCUT2D eigenvalue weighted by molar-refractivity contribution is 5.79. The average Bonchev–Trinajstić information content (AvgIpc) is 2.96. The molecule has 29 heavy (non-hydrogen) atoms. The molecule has 0 amide bonds. The molecule has 1 aromatic heterocycles. The van der Waals surface area contributed by atoms with Gasteiger partial charge < -0.3 is 24.7 Å². The van der Waals surface area contributed by atoms with Gasteiger partial charge in [-0.1, -0.05) is 12.5 Å². The van der Waals surface area contributed by atoms with Gasteiger partial charge in [-0.2, -0.15) is 0 Å². The molecule has 2 N–H and O–H groups in total. The average molecular weight is 401 g/mol. The van der Waals surface area contributed by atoms with E-state index in [2.05, 4.69) is 32.3 Å². The van der Waals surface area contributed by atoms with Gasteiger partial charge >= 0.3 is 0 Å². The van der Waals surface area contributed by atoms with E-state index in [0.29, 0.717) is 13.1 Å². The number of aliphatic imine (C=N–C) groups is 1. The summed E-state index contributed by atoms with van der Waals surface area (Å²) in [5.74, 6) is 4.34. The molecule has 8 heteroatoms. The van der Waals surface area contributed by atoms with Crippen LogP contribution in [0, 0.1) is 0 Å². The van der Waals surface area contributed by atoms with E-state index in [1.54, 1.807) is 7.11 Å². The summed E-state index contributed by atoms with van der Waals surface area (Å²) in [5, 5.41) is 15.3. The summed E-state index contributed by atoms with van der Waals surface area (Å²) >= 11 is 0. The Morgan fingerprint density at radius 1 is 1.21 bits per heavy atom. The van der Waals surface area contributed by atoms with Crippen LogP contribution in [0.15, 0.2) is 29.3 Å². The first kappa shape index (κ1) is 21.0. The van der Waals surface area contributed by atoms with Crippen LogP contribution in [-0.4, -0.2) is 47.0 Å². The second-order valence-corrected chi connectivity index (χ2v) is 7.18. The van der Waals surface area contributed by atoms with Crippen molar-refractivity contribution in [2.24, 2.45) is 4.99 Å². The van der Waals surface area contributed by atoms with Crippen molar-refractivity contribution in [2.75, 3.05) is 20.2 Å². The van der Waals surface area contributed by atoms with E-state index >= 15 is 0 Å². The van der Waals surface area contributed by atoms with Gasteiger partial charge in [0.15, 0.2) is 11.8 Å². The molecular weight excluding hydrogens is 368 g/mol. The van der Waals surface area contributed by atoms with Crippen LogP contribution in [0.25, 0.3) is 0 Å². The van der Waals surface area contributed by atoms with Crippen LogP contribution in [0.5, 0.6) is 11.5 Å². The quantitative estimate of drug-likeness (QED) is 0.523. The van der Waals surface area contributed by atoms with Gasteiger partial charge in [0.1, 0.15) is 30.0 Å². The smallest absolute Gasteiger partial charge is 0.191 e. The van der Waals surface area contributed by atoms with E-state index in [4.69, 9.17) is 14.5 Å². The van der Waals surface area contributed by atoms with Crippen molar-refractivity contribution in [3.05, 3.63) is 35.9 Å². The van der Waals surface area contributed by atoms with Crippen molar-refractivity contribution in [2.45, 2.75) is 58.7 Å². The zero-order valence-corrected chi connectivity index (χ0v) is 17.6. The fraction of sp³-hybridized carbons (Fsp3) is 0.571. The zero-order chi connectivity index (χ0) is 20.5. The number of aromatic nitrogens is 3. The summed E-state index contributed by atoms with van der Waals surface area (Å²) in [5.41, 5.74) is 0. The molecule has 8 nitrogen and oxygen atoms in total. The molecule has 2 aromatic rings. The minimum atomic E-state index is -0.0321. The lowest BCUT2D eigenvalue weighted by atomic mass is 10.2. The van der Waals surface area contributed by atoms with Gasteiger partial charge in [-0.15, -0.1) is 10.2 Å². The van der Waals surface area contributed by atoms with Crippen LogP contribution < -0.4 is 20.1 Å². The molecule has 1 aromatic carbocycles. The minimum absolute atomic E-state index is 0.0321. The Kier molecular flexibility index (Phi) is 7.72. The summed E-state index contributed by atoms with van der Waals surface area (Å²) in [7, 11) is 1.65. The van der Waals surface area contributed by atoms with Gasteiger partial charge in [0.2, 0.25) is 0 Å². The summed E-state index contributed by atoms with van der Waals surface area (Å²) in [6.45, 7) is 6.98. The molecule has 0 saturated heterocycles. The van der Waals surface area contributed by atoms with E-state index in [-0.39, 0.29) is 6.10 Å². The minimum Gasteiger partial charge on any atom is -0.497 e. The number of benzene rings is 1. The molecule has 0 aliphatic carbocycles. The number of hydrogen-bond acceptors (Lipinski definition) is 5. The first-order valence-corrected chi connectivity index (χ1v) is 10.4. The number of nitrogens with zero attached hydrogens (tertiary/aromatic N) is 4. The molecule has 0 saturated carbocycles. The SMILES string of the molecule is CCNC(=NCc1nnc2n1CCCCC2)NCC(C)Oc1cccc(OC)c1. The fourth-order valence-electron chi connectivity index (χ4n) is 3.34. The van der Waals surface area contributed by atoms with Gasteiger partial charge in [0.25, 0.3) is 0 Å². The van der Waals surface area contributed by atoms with Crippen molar-refractivity contribution in [3.8, 4) is 11.5 Å². The number of rotatable bonds is 8. The Morgan fingerprint density at radius 3 is 2.90 bits per heavy atom. The number of ether oxygens (including phenoxy) is 2. The predicted octanol–water partition coefficient (Wildman–Crippen LogP) is 2.54. The van der Waals surface area contributed by atoms with Gasteiger partial charge in [0.05, 0.1) is 13.7 Å². The molecule has 0 fully saturated rings. The van der Waals surface area contributed by atoms with E-state index in [1.807, 2.05) is 31.2 Å². The number of guanidine groups is 1. The molecule has 0 radical (unpaired) electrons. The Balaban J connectivity index is 1.56. The van der Waals surface area contributed by atoms with E-state index in [1.165, 1.54) is 19.3 Å². The second-order valence-electron chi connectivity index (χ2n) is 7.18. The normalized spacial score (nSPS) is 15.2. The number of aryl methyl sites for hydroxylation is 1. The molecule has 0 spiro atoms. The van der Waals surface area contributed by atoms with Crippen LogP contribution in [-0.2, 0) is 19.5 Å². The third-order valence-electron chi connectivity index (χ3n) is 4.84. The Morgan fingerprint density at radius 2 is 2.07 bits per heavy atom. The van der Waals surface area contributed by atoms with Crippen molar-refractivity contribution < 1.29 is 9.47 Å². The van der Waals surface area contributed by atoms with Crippen molar-refractivity contribution in [1.29, 1.82) is 0 Å². The molecule has 1 atom stereocenters. The standard InChI is InChI=1S/C21H32N6O2/c1-4-22-21(23-14-16(2)29-18-10-8-9-17(13-18)28-3)24-15-20-26-25-19-11-6-5-7-12-27(19)20/h8-10,13,16H,4-7,11-12,14-15H2,1-3H3,(H2,22,23,24). The monoisotopic (exact) mass is 400 g/mol. The van der Waals surface area contributed by atoms with Crippen molar-refractivity contribution in [1.82, 2.24) is 25.4 Å². The maximum atomic E-state index is 5.97. The lowest BCUT2D eigenvalue weighted by molar-refractivity contribution is 0.223. The molecule has 158 valence electrons. The first-order chi connectivity index (χ1) is 14.2. The lowest BCUT2D eigenvalue weighted by Gasteiger charge is -2.18. The Hall–Kier alpha value is -2.77. The first-order valence-electron chi connectivity index (χ1n) is 10.4. The van der Waals surface area contributed by atoms with Crippen LogP contribution in [0.2, 0.25) is 0 Å². The highest BCUT2D eigenvalue weighted by Crippen LogP contribution is 2.19. The summed E-state index contributed by atoms with van der Waals surface area (Å²) in [4.78, 5) is 4.70. The van der Waals surface area contributed by atoms with Gasteiger partial charge in [-0.3, -0.25) is 0 Å². The van der Waals surface area contributed by atoms with Crippen LogP contribution in [0.1, 0.15) is 44.8 Å². The Bertz CT molecular complexity index is 804. The highest BCUT2D eigenvalue weighted by Gasteiger charge is 2.14. The third-order valence-corrected chi connectivity index (χ3v) is 4.84. The van der Waals surface area contributed by atoms with E-state index in [0.717, 1.165) is 48.6 Å². The van der Waals surface area contributed by atoms with Crippen LogP contribution >= 0.6 is 0 Å². The summed E-state index contributed by atoms with van der Waals surface area (Å²) < 4.78 is 13.4. The van der Waals surface area contributed by atoms with E-state index < -0.39 is 0 Å². The van der Waals surface area contributed by atoms with Crippen molar-refractivity contribution in [3.63, 3.8) is 0 Å². The topological polar surface area (TPSA) is 85.6 Å². The van der Waals surface area contributed by atoms with Crippen LogP contribution in [0.3, 0.4) is 0 Å². The largest absolute Gasteiger partial charge is 0.497 e. The van der Waals surface area contributed by atoms with Crippen molar-refractivity contribution >= 4 is 5.96 Å². The molecule has 1 unspecified atom stereocenters. The third kappa shape index (κ3) is 6.10. The number of methoxy groups -OCH3 is 1. The van der Waals surface area contributed by atoms with E-state index in [9.17, 15) is 0 Å². The molecular formula is C21H32N6O2. The van der Waals surface area contributed by atoms with Crippen LogP contribution in [0.4, 0.5) is 0 Å². The molecule has 0 bridgehead atoms. The maximum Gasteiger partial charge on any atom is 0.191 e. The molecule has 1 aliphatic heterocycles. The molecule has 3 rings (SSSR count). The molecule has 1 aliphatic rings. The summed E-state index contributed by atoms with van der Waals surface area (Å²) in [6.07, 6.45) is 4.60. The predicted molar refractivity (Wildman–Crippen MR) is 113 cm³/mol.